The first kappa shape index (κ1) is 12.5. The van der Waals surface area contributed by atoms with Crippen LogP contribution in [0.1, 0.15) is 37.2 Å². The smallest absolute Gasteiger partial charge is 0.357 e. The molecule has 0 saturated carbocycles. The van der Waals surface area contributed by atoms with Gasteiger partial charge in [0.15, 0.2) is 5.69 Å². The van der Waals surface area contributed by atoms with E-state index in [4.69, 9.17) is 9.47 Å². The number of pyridine rings is 1. The molecular formula is C12H17NO3. The van der Waals surface area contributed by atoms with Crippen molar-refractivity contribution in [3.63, 3.8) is 0 Å². The molecule has 0 saturated heterocycles. The Bertz CT molecular complexity index is 339. The van der Waals surface area contributed by atoms with Gasteiger partial charge in [-0.2, -0.15) is 0 Å². The number of ether oxygens (including phenoxy) is 2. The molecule has 0 radical (unpaired) electrons. The minimum atomic E-state index is -0.399. The van der Waals surface area contributed by atoms with Crippen LogP contribution in [0.4, 0.5) is 0 Å². The molecule has 1 aromatic rings. The Morgan fingerprint density at radius 1 is 1.25 bits per heavy atom. The van der Waals surface area contributed by atoms with E-state index in [0.717, 1.165) is 12.8 Å². The lowest BCUT2D eigenvalue weighted by molar-refractivity contribution is 0.0497. The molecule has 0 unspecified atom stereocenters. The molecule has 0 amide bonds. The molecule has 0 aromatic carbocycles. The summed E-state index contributed by atoms with van der Waals surface area (Å²) in [5, 5.41) is 0. The fraction of sp³-hybridized carbons (Fsp3) is 0.500. The normalized spacial score (nSPS) is 9.88. The Morgan fingerprint density at radius 2 is 2.00 bits per heavy atom. The second-order valence-electron chi connectivity index (χ2n) is 3.35. The van der Waals surface area contributed by atoms with E-state index in [1.807, 2.05) is 13.8 Å². The summed E-state index contributed by atoms with van der Waals surface area (Å²) >= 11 is 0. The van der Waals surface area contributed by atoms with Crippen LogP contribution in [0.2, 0.25) is 0 Å². The third kappa shape index (κ3) is 3.88. The number of esters is 1. The van der Waals surface area contributed by atoms with Crippen molar-refractivity contribution in [1.29, 1.82) is 0 Å². The predicted octanol–water partition coefficient (Wildman–Crippen LogP) is 2.44. The van der Waals surface area contributed by atoms with Gasteiger partial charge in [-0.15, -0.1) is 0 Å². The van der Waals surface area contributed by atoms with Crippen LogP contribution in [-0.2, 0) is 4.74 Å². The molecule has 88 valence electrons. The average molecular weight is 223 g/mol. The second kappa shape index (κ2) is 6.82. The maximum Gasteiger partial charge on any atom is 0.357 e. The SMILES string of the molecule is CCCOC(=O)c1cccc(OCCC)n1. The monoisotopic (exact) mass is 223 g/mol. The van der Waals surface area contributed by atoms with Crippen molar-refractivity contribution in [3.8, 4) is 5.88 Å². The predicted molar refractivity (Wildman–Crippen MR) is 60.6 cm³/mol. The van der Waals surface area contributed by atoms with E-state index in [-0.39, 0.29) is 0 Å². The van der Waals surface area contributed by atoms with E-state index in [9.17, 15) is 4.79 Å². The highest BCUT2D eigenvalue weighted by Crippen LogP contribution is 2.09. The molecular weight excluding hydrogens is 206 g/mol. The van der Waals surface area contributed by atoms with Crippen LogP contribution >= 0.6 is 0 Å². The zero-order valence-electron chi connectivity index (χ0n) is 9.73. The van der Waals surface area contributed by atoms with Crippen LogP contribution < -0.4 is 4.74 Å². The Morgan fingerprint density at radius 3 is 2.69 bits per heavy atom. The number of hydrogen-bond donors (Lipinski definition) is 0. The molecule has 1 aromatic heterocycles. The summed E-state index contributed by atoms with van der Waals surface area (Å²) in [6, 6.07) is 5.09. The summed E-state index contributed by atoms with van der Waals surface area (Å²) in [7, 11) is 0. The fourth-order valence-corrected chi connectivity index (χ4v) is 1.08. The zero-order valence-corrected chi connectivity index (χ0v) is 9.73. The van der Waals surface area contributed by atoms with Gasteiger partial charge in [0.2, 0.25) is 5.88 Å². The molecule has 1 heterocycles. The lowest BCUT2D eigenvalue weighted by Gasteiger charge is -2.05. The molecule has 0 bridgehead atoms. The van der Waals surface area contributed by atoms with Crippen LogP contribution in [0.15, 0.2) is 18.2 Å². The van der Waals surface area contributed by atoms with Crippen molar-refractivity contribution in [2.24, 2.45) is 0 Å². The molecule has 0 aliphatic carbocycles. The first-order valence-electron chi connectivity index (χ1n) is 5.55. The van der Waals surface area contributed by atoms with E-state index >= 15 is 0 Å². The average Bonchev–Trinajstić information content (AvgIpc) is 2.33. The van der Waals surface area contributed by atoms with E-state index in [2.05, 4.69) is 4.98 Å². The molecule has 16 heavy (non-hydrogen) atoms. The number of aromatic nitrogens is 1. The van der Waals surface area contributed by atoms with Crippen LogP contribution in [-0.4, -0.2) is 24.2 Å². The second-order valence-corrected chi connectivity index (χ2v) is 3.35. The van der Waals surface area contributed by atoms with Gasteiger partial charge in [0, 0.05) is 6.07 Å². The standard InChI is InChI=1S/C12H17NO3/c1-3-8-15-11-7-5-6-10(13-11)12(14)16-9-4-2/h5-7H,3-4,8-9H2,1-2H3. The molecule has 0 spiro atoms. The largest absolute Gasteiger partial charge is 0.478 e. The molecule has 4 heteroatoms. The highest BCUT2D eigenvalue weighted by Gasteiger charge is 2.09. The van der Waals surface area contributed by atoms with Gasteiger partial charge < -0.3 is 9.47 Å². The number of carbonyl (C=O) groups is 1. The molecule has 0 N–H and O–H groups in total. The van der Waals surface area contributed by atoms with Gasteiger partial charge in [0.1, 0.15) is 0 Å². The Labute approximate surface area is 95.6 Å². The van der Waals surface area contributed by atoms with Gasteiger partial charge >= 0.3 is 5.97 Å². The van der Waals surface area contributed by atoms with Crippen molar-refractivity contribution >= 4 is 5.97 Å². The third-order valence-electron chi connectivity index (χ3n) is 1.82. The number of carbonyl (C=O) groups excluding carboxylic acids is 1. The van der Waals surface area contributed by atoms with E-state index < -0.39 is 5.97 Å². The minimum Gasteiger partial charge on any atom is -0.478 e. The first-order valence-corrected chi connectivity index (χ1v) is 5.55. The van der Waals surface area contributed by atoms with E-state index in [1.165, 1.54) is 0 Å². The molecule has 1 rings (SSSR count). The van der Waals surface area contributed by atoms with Crippen LogP contribution in [0.25, 0.3) is 0 Å². The van der Waals surface area contributed by atoms with Gasteiger partial charge in [-0.1, -0.05) is 19.9 Å². The number of hydrogen-bond acceptors (Lipinski definition) is 4. The fourth-order valence-electron chi connectivity index (χ4n) is 1.08. The Hall–Kier alpha value is -1.58. The number of nitrogens with zero attached hydrogens (tertiary/aromatic N) is 1. The summed E-state index contributed by atoms with van der Waals surface area (Å²) in [6.07, 6.45) is 1.71. The molecule has 0 aliphatic rings. The maximum atomic E-state index is 11.5. The summed E-state index contributed by atoms with van der Waals surface area (Å²) < 4.78 is 10.3. The van der Waals surface area contributed by atoms with Crippen LogP contribution in [0.5, 0.6) is 5.88 Å². The van der Waals surface area contributed by atoms with Crippen LogP contribution in [0, 0.1) is 0 Å². The van der Waals surface area contributed by atoms with Crippen molar-refractivity contribution in [1.82, 2.24) is 4.98 Å². The lowest BCUT2D eigenvalue weighted by Crippen LogP contribution is -2.09. The van der Waals surface area contributed by atoms with Crippen molar-refractivity contribution in [2.45, 2.75) is 26.7 Å². The quantitative estimate of drug-likeness (QED) is 0.695. The van der Waals surface area contributed by atoms with Gasteiger partial charge in [0.25, 0.3) is 0 Å². The van der Waals surface area contributed by atoms with Gasteiger partial charge in [-0.05, 0) is 18.9 Å². The van der Waals surface area contributed by atoms with Gasteiger partial charge in [0.05, 0.1) is 13.2 Å². The lowest BCUT2D eigenvalue weighted by atomic mass is 10.3. The van der Waals surface area contributed by atoms with Gasteiger partial charge in [-0.25, -0.2) is 9.78 Å². The molecule has 0 aliphatic heterocycles. The van der Waals surface area contributed by atoms with E-state index in [0.29, 0.717) is 24.8 Å². The zero-order chi connectivity index (χ0) is 11.8. The molecule has 0 fully saturated rings. The molecule has 0 atom stereocenters. The summed E-state index contributed by atoms with van der Waals surface area (Å²) in [4.78, 5) is 15.6. The highest BCUT2D eigenvalue weighted by atomic mass is 16.5. The van der Waals surface area contributed by atoms with Crippen molar-refractivity contribution < 1.29 is 14.3 Å². The third-order valence-corrected chi connectivity index (χ3v) is 1.82. The molecule has 4 nitrogen and oxygen atoms in total. The first-order chi connectivity index (χ1) is 7.77. The minimum absolute atomic E-state index is 0.294. The summed E-state index contributed by atoms with van der Waals surface area (Å²) in [5.74, 6) is 0.0663. The topological polar surface area (TPSA) is 48.4 Å². The Balaban J connectivity index is 2.62. The van der Waals surface area contributed by atoms with Crippen molar-refractivity contribution in [2.75, 3.05) is 13.2 Å². The number of rotatable bonds is 6. The van der Waals surface area contributed by atoms with E-state index in [1.54, 1.807) is 18.2 Å². The summed E-state index contributed by atoms with van der Waals surface area (Å²) in [6.45, 7) is 4.97. The maximum absolute atomic E-state index is 11.5. The van der Waals surface area contributed by atoms with Crippen LogP contribution in [0.3, 0.4) is 0 Å². The van der Waals surface area contributed by atoms with Gasteiger partial charge in [-0.3, -0.25) is 0 Å². The van der Waals surface area contributed by atoms with Crippen molar-refractivity contribution in [3.05, 3.63) is 23.9 Å². The summed E-state index contributed by atoms with van der Waals surface area (Å²) in [5.41, 5.74) is 0.294. The Kier molecular flexibility index (Phi) is 5.32. The highest BCUT2D eigenvalue weighted by molar-refractivity contribution is 5.87.